The number of primary amides is 1. The van der Waals surface area contributed by atoms with Gasteiger partial charge in [0.15, 0.2) is 5.65 Å². The number of hydrogen-bond donors (Lipinski definition) is 2. The molecule has 4 heterocycles. The Labute approximate surface area is 192 Å². The normalized spacial score (nSPS) is 18.6. The van der Waals surface area contributed by atoms with Gasteiger partial charge >= 0.3 is 0 Å². The average Bonchev–Trinajstić information content (AvgIpc) is 3.47. The first-order valence-corrected chi connectivity index (χ1v) is 11.3. The van der Waals surface area contributed by atoms with Crippen LogP contribution in [-0.4, -0.2) is 44.8 Å². The number of carbonyl (C=O) groups excluding carboxylic acids is 1. The summed E-state index contributed by atoms with van der Waals surface area (Å²) in [7, 11) is 0. The molecule has 9 heteroatoms. The molecule has 0 aliphatic carbocycles. The zero-order valence-corrected chi connectivity index (χ0v) is 18.6. The summed E-state index contributed by atoms with van der Waals surface area (Å²) in [6.45, 7) is 4.93. The molecule has 0 saturated carbocycles. The molecule has 1 aromatic carbocycles. The fourth-order valence-electron chi connectivity index (χ4n) is 4.38. The minimum absolute atomic E-state index is 0.317. The van der Waals surface area contributed by atoms with E-state index in [1.165, 1.54) is 0 Å². The summed E-state index contributed by atoms with van der Waals surface area (Å²) in [5, 5.41) is 9.27. The van der Waals surface area contributed by atoms with Crippen molar-refractivity contribution in [3.05, 3.63) is 65.8 Å². The number of benzene rings is 1. The Hall–Kier alpha value is -3.59. The van der Waals surface area contributed by atoms with Crippen LogP contribution >= 0.6 is 0 Å². The Morgan fingerprint density at radius 2 is 2.00 bits per heavy atom. The van der Waals surface area contributed by atoms with E-state index in [1.807, 2.05) is 35.4 Å². The van der Waals surface area contributed by atoms with Crippen molar-refractivity contribution in [1.82, 2.24) is 19.7 Å². The van der Waals surface area contributed by atoms with Crippen LogP contribution in [0.15, 0.2) is 49.1 Å². The molecule has 3 N–H and O–H groups in total. The van der Waals surface area contributed by atoms with E-state index in [4.69, 9.17) is 20.2 Å². The van der Waals surface area contributed by atoms with Gasteiger partial charge in [0.25, 0.3) is 0 Å². The molecule has 5 rings (SSSR count). The molecule has 1 atom stereocenters. The van der Waals surface area contributed by atoms with Crippen LogP contribution in [0.3, 0.4) is 0 Å². The monoisotopic (exact) mass is 448 g/mol. The molecule has 33 heavy (non-hydrogen) atoms. The van der Waals surface area contributed by atoms with E-state index in [9.17, 15) is 4.79 Å². The number of hydrogen-bond acceptors (Lipinski definition) is 7. The molecule has 0 radical (unpaired) electrons. The first-order valence-electron chi connectivity index (χ1n) is 11.3. The van der Waals surface area contributed by atoms with Crippen LogP contribution in [0.2, 0.25) is 0 Å². The summed E-state index contributed by atoms with van der Waals surface area (Å²) in [5.74, 6) is -0.431. The summed E-state index contributed by atoms with van der Waals surface area (Å²) in [6, 6.07) is 7.64. The second-order valence-corrected chi connectivity index (χ2v) is 8.32. The second kappa shape index (κ2) is 9.11. The van der Waals surface area contributed by atoms with Gasteiger partial charge in [-0.25, -0.2) is 9.67 Å². The lowest BCUT2D eigenvalue weighted by Gasteiger charge is -2.29. The summed E-state index contributed by atoms with van der Waals surface area (Å²) in [4.78, 5) is 18.2. The number of nitrogens with zero attached hydrogens (tertiary/aromatic N) is 4. The molecule has 2 aromatic heterocycles. The minimum Gasteiger partial charge on any atom is -0.472 e. The number of pyridine rings is 1. The van der Waals surface area contributed by atoms with Crippen LogP contribution in [0.1, 0.15) is 47.5 Å². The Kier molecular flexibility index (Phi) is 5.87. The first-order chi connectivity index (χ1) is 16.1. The third-order valence-corrected chi connectivity index (χ3v) is 6.20. The number of fused-ring (bicyclic) bond motifs is 1. The van der Waals surface area contributed by atoms with Crippen molar-refractivity contribution in [1.29, 1.82) is 0 Å². The molecular formula is C24H28N6O3. The molecular weight excluding hydrogens is 420 g/mol. The third kappa shape index (κ3) is 4.23. The summed E-state index contributed by atoms with van der Waals surface area (Å²) in [5.41, 5.74) is 9.74. The van der Waals surface area contributed by atoms with Crippen molar-refractivity contribution in [3.8, 4) is 0 Å². The predicted octanol–water partition coefficient (Wildman–Crippen LogP) is 3.14. The van der Waals surface area contributed by atoms with Gasteiger partial charge in [0, 0.05) is 50.3 Å². The van der Waals surface area contributed by atoms with Crippen LogP contribution in [0, 0.1) is 0 Å². The van der Waals surface area contributed by atoms with Crippen molar-refractivity contribution in [3.63, 3.8) is 0 Å². The Bertz CT molecular complexity index is 1170. The standard InChI is InChI=1S/C24H28N6O3/c1-2-30-23-19(14-27-30)21(28-18-7-10-32-11-8-18)20(13-26-23)24-29(9-12-33-24)15-16-3-5-17(6-4-16)22(25)31/h3-6,9,12-14,18,24H,2,7-8,10-11,15H2,1H3,(H2,25,31)(H,26,28). The molecule has 172 valence electrons. The summed E-state index contributed by atoms with van der Waals surface area (Å²) < 4.78 is 13.5. The highest BCUT2D eigenvalue weighted by atomic mass is 16.5. The molecule has 9 nitrogen and oxygen atoms in total. The number of aromatic nitrogens is 3. The fourth-order valence-corrected chi connectivity index (χ4v) is 4.38. The third-order valence-electron chi connectivity index (χ3n) is 6.20. The predicted molar refractivity (Wildman–Crippen MR) is 124 cm³/mol. The molecule has 1 saturated heterocycles. The lowest BCUT2D eigenvalue weighted by molar-refractivity contribution is 0.0525. The maximum Gasteiger partial charge on any atom is 0.248 e. The maximum atomic E-state index is 11.4. The van der Waals surface area contributed by atoms with Crippen molar-refractivity contribution in [2.24, 2.45) is 5.73 Å². The van der Waals surface area contributed by atoms with Gasteiger partial charge in [0.2, 0.25) is 12.1 Å². The van der Waals surface area contributed by atoms with E-state index in [-0.39, 0.29) is 6.23 Å². The molecule has 1 unspecified atom stereocenters. The fraction of sp³-hybridized carbons (Fsp3) is 0.375. The number of anilines is 1. The van der Waals surface area contributed by atoms with E-state index < -0.39 is 5.91 Å². The Morgan fingerprint density at radius 3 is 2.73 bits per heavy atom. The number of amides is 1. The van der Waals surface area contributed by atoms with E-state index >= 15 is 0 Å². The summed E-state index contributed by atoms with van der Waals surface area (Å²) in [6.07, 6.45) is 8.98. The van der Waals surface area contributed by atoms with Gasteiger partial charge in [-0.1, -0.05) is 12.1 Å². The van der Waals surface area contributed by atoms with Crippen molar-refractivity contribution in [2.75, 3.05) is 18.5 Å². The van der Waals surface area contributed by atoms with E-state index in [1.54, 1.807) is 18.4 Å². The lowest BCUT2D eigenvalue weighted by atomic mass is 10.1. The number of ether oxygens (including phenoxy) is 2. The molecule has 0 spiro atoms. The first kappa shape index (κ1) is 21.3. The molecule has 1 amide bonds. The van der Waals surface area contributed by atoms with Gasteiger partial charge in [-0.2, -0.15) is 5.10 Å². The van der Waals surface area contributed by atoms with E-state index in [0.717, 1.165) is 60.4 Å². The molecule has 1 fully saturated rings. The lowest BCUT2D eigenvalue weighted by Crippen LogP contribution is -2.29. The van der Waals surface area contributed by atoms with Crippen molar-refractivity contribution < 1.29 is 14.3 Å². The topological polar surface area (TPSA) is 108 Å². The molecule has 0 bridgehead atoms. The van der Waals surface area contributed by atoms with Crippen LogP contribution in [0.25, 0.3) is 11.0 Å². The maximum absolute atomic E-state index is 11.4. The van der Waals surface area contributed by atoms with Gasteiger partial charge in [-0.05, 0) is 37.5 Å². The number of aryl methyl sites for hydroxylation is 1. The number of nitrogens with one attached hydrogen (secondary N) is 1. The number of rotatable bonds is 7. The zero-order chi connectivity index (χ0) is 22.8. The van der Waals surface area contributed by atoms with Gasteiger partial charge in [-0.15, -0.1) is 0 Å². The molecule has 2 aliphatic heterocycles. The van der Waals surface area contributed by atoms with Gasteiger partial charge in [-0.3, -0.25) is 4.79 Å². The van der Waals surface area contributed by atoms with E-state index in [2.05, 4.69) is 22.2 Å². The highest BCUT2D eigenvalue weighted by Gasteiger charge is 2.29. The highest BCUT2D eigenvalue weighted by Crippen LogP contribution is 2.38. The SMILES string of the molecule is CCn1ncc2c(NC3CCOCC3)c(C3OC=CN3Cc3ccc(C(N)=O)cc3)cnc21. The number of carbonyl (C=O) groups is 1. The second-order valence-electron chi connectivity index (χ2n) is 8.32. The van der Waals surface area contributed by atoms with Crippen LogP contribution in [0.4, 0.5) is 5.69 Å². The Balaban J connectivity index is 1.46. The van der Waals surface area contributed by atoms with Crippen LogP contribution < -0.4 is 11.1 Å². The van der Waals surface area contributed by atoms with Crippen molar-refractivity contribution >= 4 is 22.6 Å². The van der Waals surface area contributed by atoms with Gasteiger partial charge < -0.3 is 25.4 Å². The van der Waals surface area contributed by atoms with Crippen LogP contribution in [-0.2, 0) is 22.6 Å². The van der Waals surface area contributed by atoms with Crippen LogP contribution in [0.5, 0.6) is 0 Å². The smallest absolute Gasteiger partial charge is 0.248 e. The quantitative estimate of drug-likeness (QED) is 0.572. The highest BCUT2D eigenvalue weighted by molar-refractivity contribution is 5.92. The zero-order valence-electron chi connectivity index (χ0n) is 18.6. The Morgan fingerprint density at radius 1 is 1.21 bits per heavy atom. The average molecular weight is 449 g/mol. The summed E-state index contributed by atoms with van der Waals surface area (Å²) >= 11 is 0. The minimum atomic E-state index is -0.431. The molecule has 2 aliphatic rings. The van der Waals surface area contributed by atoms with Gasteiger partial charge in [0.1, 0.15) is 6.26 Å². The number of nitrogens with two attached hydrogens (primary N) is 1. The van der Waals surface area contributed by atoms with Crippen molar-refractivity contribution in [2.45, 2.75) is 45.1 Å². The van der Waals surface area contributed by atoms with E-state index in [0.29, 0.717) is 18.2 Å². The largest absolute Gasteiger partial charge is 0.472 e. The van der Waals surface area contributed by atoms with Gasteiger partial charge in [0.05, 0.1) is 22.8 Å². The molecule has 3 aromatic rings.